The first-order chi connectivity index (χ1) is 12.3. The summed E-state index contributed by atoms with van der Waals surface area (Å²) in [4.78, 5) is 24.2. The largest absolute Gasteiger partial charge is 0.269 e. The third kappa shape index (κ3) is 4.47. The van der Waals surface area contributed by atoms with Crippen LogP contribution in [0.4, 0.5) is 0 Å². The molecule has 2 rings (SSSR count). The second-order valence-corrected chi connectivity index (χ2v) is 7.92. The maximum atomic E-state index is 12.1. The number of hydrogen-bond donors (Lipinski definition) is 2. The number of benzene rings is 2. The summed E-state index contributed by atoms with van der Waals surface area (Å²) in [5.74, 6) is -0.981. The Bertz CT molecular complexity index is 889. The van der Waals surface area contributed by atoms with Gasteiger partial charge in [0.2, 0.25) is 10.0 Å². The summed E-state index contributed by atoms with van der Waals surface area (Å²) in [5.41, 5.74) is 6.40. The molecule has 0 aliphatic heterocycles. The number of carbonyl (C=O) groups excluding carboxylic acids is 2. The van der Waals surface area contributed by atoms with Gasteiger partial charge in [0.25, 0.3) is 11.8 Å². The Morgan fingerprint density at radius 3 is 1.65 bits per heavy atom. The molecule has 0 atom stereocenters. The van der Waals surface area contributed by atoms with Crippen molar-refractivity contribution in [2.45, 2.75) is 18.2 Å². The van der Waals surface area contributed by atoms with E-state index in [1.165, 1.54) is 38.4 Å². The van der Waals surface area contributed by atoms with Crippen LogP contribution in [0.2, 0.25) is 0 Å². The number of sulfonamides is 1. The predicted molar refractivity (Wildman–Crippen MR) is 98.1 cm³/mol. The Balaban J connectivity index is 2.00. The summed E-state index contributed by atoms with van der Waals surface area (Å²) in [7, 11) is -0.697. The average molecular weight is 375 g/mol. The number of nitrogens with zero attached hydrogens (tertiary/aromatic N) is 1. The molecule has 0 radical (unpaired) electrons. The van der Waals surface area contributed by atoms with Crippen molar-refractivity contribution in [2.75, 3.05) is 14.1 Å². The first kappa shape index (κ1) is 19.6. The minimum absolute atomic E-state index is 0.0825. The van der Waals surface area contributed by atoms with E-state index in [9.17, 15) is 18.0 Å². The molecule has 2 amide bonds. The van der Waals surface area contributed by atoms with Crippen LogP contribution in [0.3, 0.4) is 0 Å². The molecule has 7 nitrogen and oxygen atoms in total. The van der Waals surface area contributed by atoms with Crippen LogP contribution in [-0.4, -0.2) is 38.6 Å². The van der Waals surface area contributed by atoms with E-state index < -0.39 is 21.8 Å². The predicted octanol–water partition coefficient (Wildman–Crippen LogP) is 1.57. The average Bonchev–Trinajstić information content (AvgIpc) is 2.65. The smallest absolute Gasteiger partial charge is 0.267 e. The quantitative estimate of drug-likeness (QED) is 0.776. The lowest BCUT2D eigenvalue weighted by atomic mass is 10.1. The molecule has 2 aromatic carbocycles. The highest BCUT2D eigenvalue weighted by atomic mass is 32.2. The van der Waals surface area contributed by atoms with Gasteiger partial charge in [0, 0.05) is 25.2 Å². The highest BCUT2D eigenvalue weighted by Crippen LogP contribution is 2.14. The molecule has 0 heterocycles. The van der Waals surface area contributed by atoms with Gasteiger partial charge in [0.15, 0.2) is 0 Å². The summed E-state index contributed by atoms with van der Waals surface area (Å²) in [6.45, 7) is 2.02. The van der Waals surface area contributed by atoms with Crippen LogP contribution in [0.5, 0.6) is 0 Å². The van der Waals surface area contributed by atoms with E-state index in [-0.39, 0.29) is 10.5 Å². The number of nitrogens with one attached hydrogen (secondary N) is 2. The van der Waals surface area contributed by atoms with Crippen LogP contribution in [0, 0.1) is 0 Å². The minimum atomic E-state index is -3.56. The van der Waals surface area contributed by atoms with Gasteiger partial charge in [-0.05, 0) is 48.4 Å². The van der Waals surface area contributed by atoms with E-state index in [4.69, 9.17) is 0 Å². The van der Waals surface area contributed by atoms with Crippen molar-refractivity contribution >= 4 is 21.8 Å². The minimum Gasteiger partial charge on any atom is -0.267 e. The van der Waals surface area contributed by atoms with Gasteiger partial charge in [-0.3, -0.25) is 20.4 Å². The molecule has 8 heteroatoms. The van der Waals surface area contributed by atoms with E-state index in [1.807, 2.05) is 19.1 Å². The molecule has 0 aliphatic rings. The van der Waals surface area contributed by atoms with Gasteiger partial charge in [-0.2, -0.15) is 0 Å². The summed E-state index contributed by atoms with van der Waals surface area (Å²) >= 11 is 0. The van der Waals surface area contributed by atoms with Gasteiger partial charge < -0.3 is 0 Å². The molecular formula is C18H21N3O4S. The molecule has 0 bridgehead atoms. The zero-order chi connectivity index (χ0) is 19.3. The van der Waals surface area contributed by atoms with Gasteiger partial charge in [-0.15, -0.1) is 0 Å². The second kappa shape index (κ2) is 8.11. The second-order valence-electron chi connectivity index (χ2n) is 5.77. The third-order valence-electron chi connectivity index (χ3n) is 3.81. The van der Waals surface area contributed by atoms with Crippen LogP contribution >= 0.6 is 0 Å². The van der Waals surface area contributed by atoms with Crippen LogP contribution in [-0.2, 0) is 16.4 Å². The molecule has 138 valence electrons. The zero-order valence-electron chi connectivity index (χ0n) is 14.8. The van der Waals surface area contributed by atoms with Crippen molar-refractivity contribution in [2.24, 2.45) is 0 Å². The van der Waals surface area contributed by atoms with Crippen LogP contribution in [0.1, 0.15) is 33.2 Å². The van der Waals surface area contributed by atoms with Crippen molar-refractivity contribution in [3.05, 3.63) is 65.2 Å². The van der Waals surface area contributed by atoms with Crippen molar-refractivity contribution < 1.29 is 18.0 Å². The van der Waals surface area contributed by atoms with Gasteiger partial charge >= 0.3 is 0 Å². The van der Waals surface area contributed by atoms with Crippen molar-refractivity contribution in [3.8, 4) is 0 Å². The number of rotatable bonds is 5. The fraction of sp³-hybridized carbons (Fsp3) is 0.222. The summed E-state index contributed by atoms with van der Waals surface area (Å²) in [6, 6.07) is 12.5. The van der Waals surface area contributed by atoms with Crippen LogP contribution < -0.4 is 10.9 Å². The van der Waals surface area contributed by atoms with E-state index in [2.05, 4.69) is 10.9 Å². The lowest BCUT2D eigenvalue weighted by Gasteiger charge is -2.12. The molecule has 2 aromatic rings. The molecular weight excluding hydrogens is 354 g/mol. The fourth-order valence-corrected chi connectivity index (χ4v) is 3.04. The van der Waals surface area contributed by atoms with Crippen LogP contribution in [0.15, 0.2) is 53.4 Å². The summed E-state index contributed by atoms with van der Waals surface area (Å²) in [5, 5.41) is 0. The van der Waals surface area contributed by atoms with Crippen LogP contribution in [0.25, 0.3) is 0 Å². The maximum absolute atomic E-state index is 12.1. The number of hydrogen-bond acceptors (Lipinski definition) is 4. The number of amides is 2. The number of aryl methyl sites for hydroxylation is 1. The molecule has 0 spiro atoms. The molecule has 0 unspecified atom stereocenters. The van der Waals surface area contributed by atoms with Gasteiger partial charge in [0.1, 0.15) is 0 Å². The highest BCUT2D eigenvalue weighted by Gasteiger charge is 2.17. The Hall–Kier alpha value is -2.71. The number of carbonyl (C=O) groups is 2. The lowest BCUT2D eigenvalue weighted by Crippen LogP contribution is -2.41. The monoisotopic (exact) mass is 375 g/mol. The Morgan fingerprint density at radius 2 is 1.27 bits per heavy atom. The van der Waals surface area contributed by atoms with E-state index >= 15 is 0 Å². The zero-order valence-corrected chi connectivity index (χ0v) is 15.6. The first-order valence-electron chi connectivity index (χ1n) is 7.98. The van der Waals surface area contributed by atoms with Gasteiger partial charge in [-0.1, -0.05) is 19.1 Å². The third-order valence-corrected chi connectivity index (χ3v) is 5.64. The Morgan fingerprint density at radius 1 is 0.846 bits per heavy atom. The number of hydrazine groups is 1. The fourth-order valence-electron chi connectivity index (χ4n) is 2.14. The van der Waals surface area contributed by atoms with E-state index in [1.54, 1.807) is 12.1 Å². The summed E-state index contributed by atoms with van der Waals surface area (Å²) in [6.07, 6.45) is 0.873. The van der Waals surface area contributed by atoms with Gasteiger partial charge in [-0.25, -0.2) is 12.7 Å². The maximum Gasteiger partial charge on any atom is 0.269 e. The Labute approximate surface area is 153 Å². The standard InChI is InChI=1S/C18H21N3O4S/c1-4-13-5-7-14(8-6-13)17(22)19-20-18(23)15-9-11-16(12-10-15)26(24,25)21(2)3/h5-12H,4H2,1-3H3,(H,19,22)(H,20,23). The van der Waals surface area contributed by atoms with Crippen molar-refractivity contribution in [3.63, 3.8) is 0 Å². The molecule has 0 aliphatic carbocycles. The van der Waals surface area contributed by atoms with E-state index in [0.29, 0.717) is 5.56 Å². The molecule has 0 saturated carbocycles. The molecule has 0 saturated heterocycles. The molecule has 26 heavy (non-hydrogen) atoms. The summed E-state index contributed by atoms with van der Waals surface area (Å²) < 4.78 is 25.1. The molecule has 0 fully saturated rings. The van der Waals surface area contributed by atoms with E-state index in [0.717, 1.165) is 16.3 Å². The lowest BCUT2D eigenvalue weighted by molar-refractivity contribution is 0.0846. The SMILES string of the molecule is CCc1ccc(C(=O)NNC(=O)c2ccc(S(=O)(=O)N(C)C)cc2)cc1. The Kier molecular flexibility index (Phi) is 6.12. The topological polar surface area (TPSA) is 95.6 Å². The van der Waals surface area contributed by atoms with Crippen molar-refractivity contribution in [1.82, 2.24) is 15.2 Å². The highest BCUT2D eigenvalue weighted by molar-refractivity contribution is 7.89. The molecule has 2 N–H and O–H groups in total. The first-order valence-corrected chi connectivity index (χ1v) is 9.42. The molecule has 0 aromatic heterocycles. The normalized spacial score (nSPS) is 11.2. The van der Waals surface area contributed by atoms with Gasteiger partial charge in [0.05, 0.1) is 4.90 Å². The van der Waals surface area contributed by atoms with Crippen molar-refractivity contribution in [1.29, 1.82) is 0 Å².